The molecule has 1 fully saturated rings. The number of thiol groups is 1. The zero-order chi connectivity index (χ0) is 12.1. The molecular weight excluding hydrogens is 230 g/mol. The molecule has 0 N–H and O–H groups in total. The second-order valence-corrected chi connectivity index (χ2v) is 5.21. The van der Waals surface area contributed by atoms with E-state index in [-0.39, 0.29) is 11.2 Å². The first-order valence-corrected chi connectivity index (χ1v) is 6.80. The largest absolute Gasteiger partial charge is 0.342 e. The van der Waals surface area contributed by atoms with Crippen LogP contribution in [0.1, 0.15) is 24.8 Å². The van der Waals surface area contributed by atoms with E-state index in [1.807, 2.05) is 35.2 Å². The van der Waals surface area contributed by atoms with E-state index in [9.17, 15) is 4.79 Å². The third kappa shape index (κ3) is 3.50. The normalized spacial score (nSPS) is 17.8. The number of nitrogens with zero attached hydrogens (tertiary/aromatic N) is 1. The maximum absolute atomic E-state index is 12.2. The molecule has 1 atom stereocenters. The monoisotopic (exact) mass is 249 g/mol. The van der Waals surface area contributed by atoms with Crippen molar-refractivity contribution in [3.05, 3.63) is 35.9 Å². The van der Waals surface area contributed by atoms with Gasteiger partial charge in [-0.1, -0.05) is 30.3 Å². The van der Waals surface area contributed by atoms with Crippen molar-refractivity contribution < 1.29 is 4.79 Å². The number of amides is 1. The van der Waals surface area contributed by atoms with Gasteiger partial charge in [-0.2, -0.15) is 12.6 Å². The average Bonchev–Trinajstić information content (AvgIpc) is 2.40. The minimum atomic E-state index is -0.199. The zero-order valence-corrected chi connectivity index (χ0v) is 10.9. The molecule has 1 unspecified atom stereocenters. The van der Waals surface area contributed by atoms with Crippen LogP contribution in [0.2, 0.25) is 0 Å². The summed E-state index contributed by atoms with van der Waals surface area (Å²) in [5.41, 5.74) is 1.18. The van der Waals surface area contributed by atoms with Gasteiger partial charge in [-0.25, -0.2) is 0 Å². The highest BCUT2D eigenvalue weighted by atomic mass is 32.1. The number of rotatable bonds is 3. The predicted octanol–water partition coefficient (Wildman–Crippen LogP) is 2.54. The quantitative estimate of drug-likeness (QED) is 0.816. The molecule has 1 aliphatic rings. The molecule has 0 radical (unpaired) electrons. The molecule has 0 aliphatic carbocycles. The summed E-state index contributed by atoms with van der Waals surface area (Å²) >= 11 is 4.46. The maximum atomic E-state index is 12.2. The van der Waals surface area contributed by atoms with Gasteiger partial charge in [-0.3, -0.25) is 4.79 Å². The molecule has 1 aromatic carbocycles. The Labute approximate surface area is 108 Å². The number of carbonyl (C=O) groups is 1. The summed E-state index contributed by atoms with van der Waals surface area (Å²) in [6.45, 7) is 1.81. The summed E-state index contributed by atoms with van der Waals surface area (Å²) in [7, 11) is 0. The van der Waals surface area contributed by atoms with Crippen LogP contribution in [0.3, 0.4) is 0 Å². The second-order valence-electron chi connectivity index (χ2n) is 4.59. The van der Waals surface area contributed by atoms with Gasteiger partial charge in [-0.15, -0.1) is 0 Å². The molecule has 0 spiro atoms. The summed E-state index contributed by atoms with van der Waals surface area (Å²) in [4.78, 5) is 14.1. The fourth-order valence-corrected chi connectivity index (χ4v) is 2.62. The molecule has 0 saturated carbocycles. The highest BCUT2D eigenvalue weighted by Gasteiger charge is 2.22. The molecule has 2 nitrogen and oxygen atoms in total. The van der Waals surface area contributed by atoms with Gasteiger partial charge < -0.3 is 4.90 Å². The van der Waals surface area contributed by atoms with E-state index >= 15 is 0 Å². The van der Waals surface area contributed by atoms with Crippen molar-refractivity contribution >= 4 is 18.5 Å². The second kappa shape index (κ2) is 6.10. The Morgan fingerprint density at radius 3 is 2.47 bits per heavy atom. The molecule has 1 aromatic rings. The van der Waals surface area contributed by atoms with Crippen LogP contribution in [0.15, 0.2) is 30.3 Å². The Hall–Kier alpha value is -0.960. The van der Waals surface area contributed by atoms with Crippen molar-refractivity contribution in [3.63, 3.8) is 0 Å². The minimum absolute atomic E-state index is 0.192. The first-order valence-electron chi connectivity index (χ1n) is 6.28. The van der Waals surface area contributed by atoms with Crippen LogP contribution in [0, 0.1) is 0 Å². The molecule has 17 heavy (non-hydrogen) atoms. The Bertz CT molecular complexity index is 360. The molecule has 0 aromatic heterocycles. The Morgan fingerprint density at radius 1 is 1.18 bits per heavy atom. The van der Waals surface area contributed by atoms with Crippen molar-refractivity contribution in [1.29, 1.82) is 0 Å². The third-order valence-electron chi connectivity index (χ3n) is 3.22. The highest BCUT2D eigenvalue weighted by molar-refractivity contribution is 7.81. The summed E-state index contributed by atoms with van der Waals surface area (Å²) in [6, 6.07) is 10.1. The lowest BCUT2D eigenvalue weighted by atomic mass is 10.1. The van der Waals surface area contributed by atoms with Gasteiger partial charge in [-0.05, 0) is 31.2 Å². The van der Waals surface area contributed by atoms with E-state index in [4.69, 9.17) is 0 Å². The summed E-state index contributed by atoms with van der Waals surface area (Å²) in [5.74, 6) is 0.192. The summed E-state index contributed by atoms with van der Waals surface area (Å²) in [6.07, 6.45) is 4.24. The summed E-state index contributed by atoms with van der Waals surface area (Å²) in [5, 5.41) is -0.199. The van der Waals surface area contributed by atoms with E-state index < -0.39 is 0 Å². The molecule has 1 heterocycles. The van der Waals surface area contributed by atoms with E-state index in [1.165, 1.54) is 12.0 Å². The van der Waals surface area contributed by atoms with Crippen LogP contribution >= 0.6 is 12.6 Å². The number of carbonyl (C=O) groups excluding carboxylic acids is 1. The van der Waals surface area contributed by atoms with Crippen molar-refractivity contribution in [2.75, 3.05) is 13.1 Å². The van der Waals surface area contributed by atoms with Crippen LogP contribution in [-0.4, -0.2) is 29.1 Å². The van der Waals surface area contributed by atoms with Crippen molar-refractivity contribution in [2.45, 2.75) is 30.9 Å². The van der Waals surface area contributed by atoms with E-state index in [0.717, 1.165) is 32.4 Å². The van der Waals surface area contributed by atoms with E-state index in [0.29, 0.717) is 0 Å². The van der Waals surface area contributed by atoms with E-state index in [2.05, 4.69) is 12.6 Å². The Morgan fingerprint density at radius 2 is 1.82 bits per heavy atom. The molecule has 1 saturated heterocycles. The SMILES string of the molecule is O=C(C(S)Cc1ccccc1)N1CCCCC1. The van der Waals surface area contributed by atoms with Crippen molar-refractivity contribution in [1.82, 2.24) is 4.90 Å². The third-order valence-corrected chi connectivity index (χ3v) is 3.63. The molecular formula is C14H19NOS. The molecule has 1 aliphatic heterocycles. The predicted molar refractivity (Wildman–Crippen MR) is 73.4 cm³/mol. The van der Waals surface area contributed by atoms with Gasteiger partial charge in [0, 0.05) is 13.1 Å². The lowest BCUT2D eigenvalue weighted by Crippen LogP contribution is -2.41. The first-order chi connectivity index (χ1) is 8.27. The topological polar surface area (TPSA) is 20.3 Å². The fraction of sp³-hybridized carbons (Fsp3) is 0.500. The lowest BCUT2D eigenvalue weighted by Gasteiger charge is -2.28. The standard InChI is InChI=1S/C14H19NOS/c16-14(15-9-5-2-6-10-15)13(17)11-12-7-3-1-4-8-12/h1,3-4,7-8,13,17H,2,5-6,9-11H2. The van der Waals surface area contributed by atoms with Gasteiger partial charge in [0.2, 0.25) is 5.91 Å². The van der Waals surface area contributed by atoms with Crippen LogP contribution < -0.4 is 0 Å². The Balaban J connectivity index is 1.90. The Kier molecular flexibility index (Phi) is 4.49. The van der Waals surface area contributed by atoms with Crippen LogP contribution in [0.25, 0.3) is 0 Å². The molecule has 92 valence electrons. The van der Waals surface area contributed by atoms with Crippen molar-refractivity contribution in [2.24, 2.45) is 0 Å². The molecule has 2 rings (SSSR count). The first kappa shape index (κ1) is 12.5. The van der Waals surface area contributed by atoms with Crippen LogP contribution in [0.4, 0.5) is 0 Å². The molecule has 3 heteroatoms. The van der Waals surface area contributed by atoms with Gasteiger partial charge in [0.05, 0.1) is 5.25 Å². The fourth-order valence-electron chi connectivity index (χ4n) is 2.25. The molecule has 0 bridgehead atoms. The number of hydrogen-bond donors (Lipinski definition) is 1. The van der Waals surface area contributed by atoms with Gasteiger partial charge in [0.15, 0.2) is 0 Å². The number of benzene rings is 1. The lowest BCUT2D eigenvalue weighted by molar-refractivity contribution is -0.131. The minimum Gasteiger partial charge on any atom is -0.342 e. The number of hydrogen-bond acceptors (Lipinski definition) is 2. The van der Waals surface area contributed by atoms with Gasteiger partial charge >= 0.3 is 0 Å². The van der Waals surface area contributed by atoms with E-state index in [1.54, 1.807) is 0 Å². The van der Waals surface area contributed by atoms with Gasteiger partial charge in [0.1, 0.15) is 0 Å². The number of piperidine rings is 1. The van der Waals surface area contributed by atoms with Crippen molar-refractivity contribution in [3.8, 4) is 0 Å². The van der Waals surface area contributed by atoms with Crippen LogP contribution in [0.5, 0.6) is 0 Å². The average molecular weight is 249 g/mol. The van der Waals surface area contributed by atoms with Crippen LogP contribution in [-0.2, 0) is 11.2 Å². The molecule has 1 amide bonds. The smallest absolute Gasteiger partial charge is 0.235 e. The zero-order valence-electron chi connectivity index (χ0n) is 10.0. The number of likely N-dealkylation sites (tertiary alicyclic amines) is 1. The van der Waals surface area contributed by atoms with Gasteiger partial charge in [0.25, 0.3) is 0 Å². The highest BCUT2D eigenvalue weighted by Crippen LogP contribution is 2.15. The summed E-state index contributed by atoms with van der Waals surface area (Å²) < 4.78 is 0. The maximum Gasteiger partial charge on any atom is 0.235 e.